The Balaban J connectivity index is 1.54. The molecule has 2 aromatic carbocycles. The number of aryl methyl sites for hydroxylation is 1. The van der Waals surface area contributed by atoms with Crippen LogP contribution in [0.3, 0.4) is 0 Å². The Hall–Kier alpha value is -4.05. The first-order valence-corrected chi connectivity index (χ1v) is 12.1. The molecule has 0 atom stereocenters. The van der Waals surface area contributed by atoms with Crippen LogP contribution in [0.4, 0.5) is 26.0 Å². The molecular weight excluding hydrogens is 478 g/mol. The lowest BCUT2D eigenvalue weighted by atomic mass is 10.0. The maximum absolute atomic E-state index is 13.8. The van der Waals surface area contributed by atoms with Crippen molar-refractivity contribution in [1.82, 2.24) is 19.9 Å². The average molecular weight is 507 g/mol. The average Bonchev–Trinajstić information content (AvgIpc) is 3.51. The highest BCUT2D eigenvalue weighted by Crippen LogP contribution is 2.29. The molecule has 1 saturated carbocycles. The highest BCUT2D eigenvalue weighted by molar-refractivity contribution is 5.96. The molecule has 0 saturated heterocycles. The smallest absolute Gasteiger partial charge is 0.251 e. The molecular formula is C27H28F2N6O2. The van der Waals surface area contributed by atoms with Crippen molar-refractivity contribution in [1.29, 1.82) is 0 Å². The number of carbonyl (C=O) groups is 1. The van der Waals surface area contributed by atoms with E-state index in [2.05, 4.69) is 26.0 Å². The second-order valence-electron chi connectivity index (χ2n) is 10.0. The predicted octanol–water partition coefficient (Wildman–Crippen LogP) is 4.80. The molecule has 0 bridgehead atoms. The van der Waals surface area contributed by atoms with Gasteiger partial charge in [-0.3, -0.25) is 4.79 Å². The van der Waals surface area contributed by atoms with E-state index in [0.29, 0.717) is 28.4 Å². The van der Waals surface area contributed by atoms with Crippen molar-refractivity contribution in [2.75, 3.05) is 17.2 Å². The van der Waals surface area contributed by atoms with Crippen LogP contribution in [0.25, 0.3) is 16.9 Å². The predicted molar refractivity (Wildman–Crippen MR) is 138 cm³/mol. The number of hydrogen-bond acceptors (Lipinski definition) is 6. The van der Waals surface area contributed by atoms with E-state index in [-0.39, 0.29) is 24.2 Å². The summed E-state index contributed by atoms with van der Waals surface area (Å²) in [5.74, 6) is -1.20. The van der Waals surface area contributed by atoms with Gasteiger partial charge in [0.05, 0.1) is 23.2 Å². The van der Waals surface area contributed by atoms with E-state index in [1.807, 2.05) is 19.1 Å². The number of amides is 1. The van der Waals surface area contributed by atoms with E-state index in [4.69, 9.17) is 0 Å². The first-order chi connectivity index (χ1) is 17.6. The van der Waals surface area contributed by atoms with E-state index >= 15 is 0 Å². The van der Waals surface area contributed by atoms with Crippen LogP contribution in [-0.4, -0.2) is 43.8 Å². The second-order valence-corrected chi connectivity index (χ2v) is 10.0. The van der Waals surface area contributed by atoms with Crippen LogP contribution in [0.1, 0.15) is 42.6 Å². The van der Waals surface area contributed by atoms with Crippen LogP contribution >= 0.6 is 0 Å². The van der Waals surface area contributed by atoms with Crippen molar-refractivity contribution in [2.45, 2.75) is 45.3 Å². The van der Waals surface area contributed by atoms with Crippen LogP contribution < -0.4 is 16.0 Å². The summed E-state index contributed by atoms with van der Waals surface area (Å²) in [5, 5.41) is 24.0. The third-order valence-corrected chi connectivity index (χ3v) is 5.99. The lowest BCUT2D eigenvalue weighted by molar-refractivity contribution is 0.0940. The number of aromatic nitrogens is 3. The molecule has 2 aromatic heterocycles. The van der Waals surface area contributed by atoms with Gasteiger partial charge in [-0.25, -0.2) is 18.3 Å². The normalized spacial score (nSPS) is 13.6. The first kappa shape index (κ1) is 24.6. The number of nitrogens with one attached hydrogen (secondary N) is 3. The van der Waals surface area contributed by atoms with Crippen LogP contribution in [-0.2, 0) is 0 Å². The largest absolute Gasteiger partial charge is 0.389 e. The Kier molecular flexibility index (Phi) is 6.28. The number of fused-ring (bicyclic) bond motifs is 1. The monoisotopic (exact) mass is 506 g/mol. The van der Waals surface area contributed by atoms with Crippen LogP contribution in [0.2, 0.25) is 0 Å². The summed E-state index contributed by atoms with van der Waals surface area (Å²) in [7, 11) is 0. The zero-order valence-corrected chi connectivity index (χ0v) is 20.8. The van der Waals surface area contributed by atoms with E-state index in [0.717, 1.165) is 30.0 Å². The Morgan fingerprint density at radius 2 is 1.86 bits per heavy atom. The molecule has 0 spiro atoms. The molecule has 2 heterocycles. The summed E-state index contributed by atoms with van der Waals surface area (Å²) in [6.07, 6.45) is 3.69. The molecule has 0 aliphatic heterocycles. The minimum Gasteiger partial charge on any atom is -0.389 e. The van der Waals surface area contributed by atoms with Gasteiger partial charge in [0.15, 0.2) is 11.5 Å². The Morgan fingerprint density at radius 3 is 2.51 bits per heavy atom. The molecule has 8 nitrogen and oxygen atoms in total. The molecule has 0 radical (unpaired) electrons. The molecule has 37 heavy (non-hydrogen) atoms. The Bertz CT molecular complexity index is 1470. The van der Waals surface area contributed by atoms with Gasteiger partial charge in [0.25, 0.3) is 5.91 Å². The first-order valence-electron chi connectivity index (χ1n) is 12.1. The van der Waals surface area contributed by atoms with Gasteiger partial charge in [0.2, 0.25) is 0 Å². The zero-order valence-electron chi connectivity index (χ0n) is 20.8. The molecule has 10 heteroatoms. The maximum Gasteiger partial charge on any atom is 0.251 e. The van der Waals surface area contributed by atoms with Crippen LogP contribution in [0.5, 0.6) is 0 Å². The van der Waals surface area contributed by atoms with Gasteiger partial charge in [-0.05, 0) is 63.4 Å². The van der Waals surface area contributed by atoms with Gasteiger partial charge in [-0.15, -0.1) is 5.10 Å². The van der Waals surface area contributed by atoms with Crippen LogP contribution in [0.15, 0.2) is 48.7 Å². The molecule has 1 aliphatic carbocycles. The summed E-state index contributed by atoms with van der Waals surface area (Å²) >= 11 is 0. The quantitative estimate of drug-likeness (QED) is 0.274. The number of rotatable bonds is 8. The van der Waals surface area contributed by atoms with Gasteiger partial charge in [-0.2, -0.15) is 0 Å². The van der Waals surface area contributed by atoms with Crippen molar-refractivity contribution < 1.29 is 18.7 Å². The molecule has 0 unspecified atom stereocenters. The third kappa shape index (κ3) is 5.69. The highest BCUT2D eigenvalue weighted by atomic mass is 19.1. The van der Waals surface area contributed by atoms with Crippen molar-refractivity contribution in [2.24, 2.45) is 0 Å². The number of carbonyl (C=O) groups excluding carboxylic acids is 1. The van der Waals surface area contributed by atoms with E-state index < -0.39 is 17.2 Å². The SMILES string of the molecule is Cc1cc(-c2cnc3c(NCC(C)(C)O)cc(Nc4cc(F)cc(F)c4)nn23)ccc1C(=O)NC1CC1. The van der Waals surface area contributed by atoms with Gasteiger partial charge in [0, 0.05) is 41.5 Å². The molecule has 1 aliphatic rings. The summed E-state index contributed by atoms with van der Waals surface area (Å²) < 4.78 is 29.1. The van der Waals surface area contributed by atoms with Crippen molar-refractivity contribution >= 4 is 28.7 Å². The van der Waals surface area contributed by atoms with Crippen LogP contribution in [0, 0.1) is 18.6 Å². The van der Waals surface area contributed by atoms with Gasteiger partial charge in [0.1, 0.15) is 11.6 Å². The Labute approximate surface area is 212 Å². The zero-order chi connectivity index (χ0) is 26.3. The van der Waals surface area contributed by atoms with Gasteiger partial charge in [-0.1, -0.05) is 6.07 Å². The number of aliphatic hydroxyl groups is 1. The van der Waals surface area contributed by atoms with E-state index in [1.54, 1.807) is 36.7 Å². The van der Waals surface area contributed by atoms with Crippen molar-refractivity contribution in [3.05, 3.63) is 71.4 Å². The summed E-state index contributed by atoms with van der Waals surface area (Å²) in [5.41, 5.74) is 3.15. The summed E-state index contributed by atoms with van der Waals surface area (Å²) in [6.45, 7) is 5.46. The molecule has 5 rings (SSSR count). The molecule has 192 valence electrons. The van der Waals surface area contributed by atoms with E-state index in [9.17, 15) is 18.7 Å². The number of nitrogens with zero attached hydrogens (tertiary/aromatic N) is 3. The number of hydrogen-bond donors (Lipinski definition) is 4. The second kappa shape index (κ2) is 9.44. The van der Waals surface area contributed by atoms with E-state index in [1.165, 1.54) is 12.1 Å². The minimum atomic E-state index is -0.997. The molecule has 1 amide bonds. The molecule has 4 aromatic rings. The fourth-order valence-electron chi connectivity index (χ4n) is 4.01. The third-order valence-electron chi connectivity index (χ3n) is 5.99. The molecule has 4 N–H and O–H groups in total. The lowest BCUT2D eigenvalue weighted by Crippen LogP contribution is -2.29. The summed E-state index contributed by atoms with van der Waals surface area (Å²) in [4.78, 5) is 17.1. The van der Waals surface area contributed by atoms with Gasteiger partial charge < -0.3 is 21.1 Å². The fourth-order valence-corrected chi connectivity index (χ4v) is 4.01. The lowest BCUT2D eigenvalue weighted by Gasteiger charge is -2.19. The minimum absolute atomic E-state index is 0.0882. The molecule has 1 fully saturated rings. The standard InChI is InChI=1S/C27H28F2N6O2/c1-15-8-16(4-7-21(15)26(36)33-19-5-6-19)23-13-30-25-22(31-14-27(2,3)37)12-24(34-35(23)25)32-20-10-17(28)9-18(29)11-20/h4,7-13,19,31,37H,5-6,14H2,1-3H3,(H,32,34)(H,33,36). The topological polar surface area (TPSA) is 104 Å². The number of imidazole rings is 1. The maximum atomic E-state index is 13.8. The Morgan fingerprint density at radius 1 is 1.14 bits per heavy atom. The highest BCUT2D eigenvalue weighted by Gasteiger charge is 2.24. The number of anilines is 3. The fraction of sp³-hybridized carbons (Fsp3) is 0.296. The number of halogens is 2. The number of benzene rings is 2. The van der Waals surface area contributed by atoms with Crippen molar-refractivity contribution in [3.8, 4) is 11.3 Å². The summed E-state index contributed by atoms with van der Waals surface area (Å²) in [6, 6.07) is 10.6. The van der Waals surface area contributed by atoms with Crippen molar-refractivity contribution in [3.63, 3.8) is 0 Å². The van der Waals surface area contributed by atoms with Gasteiger partial charge >= 0.3 is 0 Å².